The molecule has 15 heavy (non-hydrogen) atoms. The van der Waals surface area contributed by atoms with Crippen LogP contribution < -0.4 is 5.32 Å². The van der Waals surface area contributed by atoms with Crippen molar-refractivity contribution >= 4 is 0 Å². The van der Waals surface area contributed by atoms with E-state index in [0.29, 0.717) is 0 Å². The Morgan fingerprint density at radius 2 is 1.93 bits per heavy atom. The fourth-order valence-corrected chi connectivity index (χ4v) is 2.13. The molecule has 1 saturated heterocycles. The van der Waals surface area contributed by atoms with Crippen molar-refractivity contribution in [2.45, 2.75) is 31.7 Å². The van der Waals surface area contributed by atoms with Gasteiger partial charge in [-0.3, -0.25) is 4.90 Å². The van der Waals surface area contributed by atoms with Crippen molar-refractivity contribution in [3.8, 4) is 0 Å². The first-order valence-electron chi connectivity index (χ1n) is 6.04. The van der Waals surface area contributed by atoms with Gasteiger partial charge >= 0.3 is 0 Å². The molecule has 0 saturated carbocycles. The molecule has 0 aromatic rings. The lowest BCUT2D eigenvalue weighted by Gasteiger charge is -2.26. The third-order valence-electron chi connectivity index (χ3n) is 2.98. The minimum atomic E-state index is 0.732. The molecule has 1 unspecified atom stereocenters. The van der Waals surface area contributed by atoms with Crippen LogP contribution in [0.2, 0.25) is 0 Å². The van der Waals surface area contributed by atoms with Gasteiger partial charge in [0, 0.05) is 25.7 Å². The zero-order valence-corrected chi connectivity index (χ0v) is 9.75. The van der Waals surface area contributed by atoms with Gasteiger partial charge in [0.25, 0.3) is 0 Å². The third-order valence-corrected chi connectivity index (χ3v) is 2.98. The lowest BCUT2D eigenvalue weighted by Crippen LogP contribution is -2.37. The topological polar surface area (TPSA) is 15.3 Å². The van der Waals surface area contributed by atoms with E-state index in [1.807, 2.05) is 12.2 Å². The lowest BCUT2D eigenvalue weighted by atomic mass is 10.0. The summed E-state index contributed by atoms with van der Waals surface area (Å²) < 4.78 is 0. The smallest absolute Gasteiger partial charge is 0.0163 e. The molecule has 0 bridgehead atoms. The number of nitrogens with one attached hydrogen (secondary N) is 1. The second kappa shape index (κ2) is 7.66. The molecule has 0 amide bonds. The maximum atomic E-state index is 3.79. The number of hydrogen-bond acceptors (Lipinski definition) is 2. The molecular weight excluding hydrogens is 184 g/mol. The summed E-state index contributed by atoms with van der Waals surface area (Å²) in [5.74, 6) is 0. The van der Waals surface area contributed by atoms with Crippen LogP contribution in [0.15, 0.2) is 25.3 Å². The summed E-state index contributed by atoms with van der Waals surface area (Å²) in [6.07, 6.45) is 9.27. The molecule has 1 rings (SSSR count). The Balaban J connectivity index is 2.18. The predicted octanol–water partition coefficient (Wildman–Crippen LogP) is 2.19. The zero-order valence-electron chi connectivity index (χ0n) is 9.75. The quantitative estimate of drug-likeness (QED) is 0.645. The average Bonchev–Trinajstić information content (AvgIpc) is 2.28. The number of hydrogen-bond donors (Lipinski definition) is 1. The van der Waals surface area contributed by atoms with Crippen LogP contribution in [0.1, 0.15) is 25.7 Å². The molecule has 2 heteroatoms. The van der Waals surface area contributed by atoms with Crippen molar-refractivity contribution in [3.05, 3.63) is 25.3 Å². The Kier molecular flexibility index (Phi) is 6.37. The summed E-state index contributed by atoms with van der Waals surface area (Å²) in [6, 6.07) is 0.732. The summed E-state index contributed by atoms with van der Waals surface area (Å²) in [5.41, 5.74) is 0. The standard InChI is InChI=1S/C13H24N2/c1-3-10-15(11-4-2)12-8-13-7-5-6-9-14-13/h3-4,13-14H,1-2,5-12H2. The van der Waals surface area contributed by atoms with Crippen molar-refractivity contribution in [2.75, 3.05) is 26.2 Å². The monoisotopic (exact) mass is 208 g/mol. The van der Waals surface area contributed by atoms with E-state index in [1.165, 1.54) is 32.2 Å². The summed E-state index contributed by atoms with van der Waals surface area (Å²) in [6.45, 7) is 11.9. The Labute approximate surface area is 94.0 Å². The van der Waals surface area contributed by atoms with Crippen LogP contribution in [0.4, 0.5) is 0 Å². The van der Waals surface area contributed by atoms with Crippen LogP contribution >= 0.6 is 0 Å². The van der Waals surface area contributed by atoms with Gasteiger partial charge in [0.05, 0.1) is 0 Å². The summed E-state index contributed by atoms with van der Waals surface area (Å²) in [5, 5.41) is 3.58. The highest BCUT2D eigenvalue weighted by Gasteiger charge is 2.13. The maximum absolute atomic E-state index is 3.79. The summed E-state index contributed by atoms with van der Waals surface area (Å²) in [7, 11) is 0. The van der Waals surface area contributed by atoms with Crippen LogP contribution in [-0.2, 0) is 0 Å². The van der Waals surface area contributed by atoms with Crippen LogP contribution in [0.3, 0.4) is 0 Å². The van der Waals surface area contributed by atoms with Gasteiger partial charge in [0.15, 0.2) is 0 Å². The van der Waals surface area contributed by atoms with Crippen LogP contribution in [0.25, 0.3) is 0 Å². The molecule has 1 aliphatic heterocycles. The van der Waals surface area contributed by atoms with Crippen molar-refractivity contribution in [3.63, 3.8) is 0 Å². The molecular formula is C13H24N2. The van der Waals surface area contributed by atoms with Gasteiger partial charge in [0.2, 0.25) is 0 Å². The van der Waals surface area contributed by atoms with E-state index in [4.69, 9.17) is 0 Å². The van der Waals surface area contributed by atoms with E-state index in [0.717, 1.165) is 25.7 Å². The fourth-order valence-electron chi connectivity index (χ4n) is 2.13. The van der Waals surface area contributed by atoms with Crippen molar-refractivity contribution in [1.82, 2.24) is 10.2 Å². The number of nitrogens with zero attached hydrogens (tertiary/aromatic N) is 1. The Morgan fingerprint density at radius 3 is 2.47 bits per heavy atom. The highest BCUT2D eigenvalue weighted by Crippen LogP contribution is 2.10. The van der Waals surface area contributed by atoms with Crippen LogP contribution in [-0.4, -0.2) is 37.1 Å². The molecule has 0 radical (unpaired) electrons. The molecule has 1 N–H and O–H groups in total. The molecule has 1 atom stereocenters. The van der Waals surface area contributed by atoms with Crippen molar-refractivity contribution in [1.29, 1.82) is 0 Å². The third kappa shape index (κ3) is 5.14. The SMILES string of the molecule is C=CCN(CC=C)CCC1CCCCN1. The first kappa shape index (κ1) is 12.5. The normalized spacial score (nSPS) is 21.5. The van der Waals surface area contributed by atoms with E-state index in [2.05, 4.69) is 23.4 Å². The Bertz CT molecular complexity index is 173. The van der Waals surface area contributed by atoms with E-state index in [1.54, 1.807) is 0 Å². The van der Waals surface area contributed by atoms with Gasteiger partial charge in [-0.2, -0.15) is 0 Å². The zero-order chi connectivity index (χ0) is 10.9. The van der Waals surface area contributed by atoms with Gasteiger partial charge in [-0.15, -0.1) is 13.2 Å². The highest BCUT2D eigenvalue weighted by molar-refractivity contribution is 4.81. The molecule has 0 aliphatic carbocycles. The molecule has 86 valence electrons. The summed E-state index contributed by atoms with van der Waals surface area (Å²) >= 11 is 0. The molecule has 1 fully saturated rings. The first-order chi connectivity index (χ1) is 7.36. The van der Waals surface area contributed by atoms with Crippen molar-refractivity contribution < 1.29 is 0 Å². The second-order valence-corrected chi connectivity index (χ2v) is 4.27. The first-order valence-corrected chi connectivity index (χ1v) is 6.04. The molecule has 0 aromatic heterocycles. The van der Waals surface area contributed by atoms with Crippen molar-refractivity contribution in [2.24, 2.45) is 0 Å². The second-order valence-electron chi connectivity index (χ2n) is 4.27. The molecule has 0 aromatic carbocycles. The molecule has 1 heterocycles. The number of rotatable bonds is 7. The molecule has 1 aliphatic rings. The van der Waals surface area contributed by atoms with Crippen LogP contribution in [0, 0.1) is 0 Å². The minimum absolute atomic E-state index is 0.732. The van der Waals surface area contributed by atoms with Gasteiger partial charge in [-0.1, -0.05) is 18.6 Å². The fraction of sp³-hybridized carbons (Fsp3) is 0.692. The van der Waals surface area contributed by atoms with E-state index < -0.39 is 0 Å². The van der Waals surface area contributed by atoms with Crippen LogP contribution in [0.5, 0.6) is 0 Å². The van der Waals surface area contributed by atoms with Gasteiger partial charge < -0.3 is 5.32 Å². The van der Waals surface area contributed by atoms with E-state index >= 15 is 0 Å². The summed E-state index contributed by atoms with van der Waals surface area (Å²) in [4.78, 5) is 2.39. The largest absolute Gasteiger partial charge is 0.314 e. The lowest BCUT2D eigenvalue weighted by molar-refractivity contribution is 0.287. The maximum Gasteiger partial charge on any atom is 0.0163 e. The predicted molar refractivity (Wildman–Crippen MR) is 67.1 cm³/mol. The highest BCUT2D eigenvalue weighted by atomic mass is 15.1. The van der Waals surface area contributed by atoms with Gasteiger partial charge in [0.1, 0.15) is 0 Å². The molecule has 2 nitrogen and oxygen atoms in total. The Hall–Kier alpha value is -0.600. The minimum Gasteiger partial charge on any atom is -0.314 e. The number of piperidine rings is 1. The Morgan fingerprint density at radius 1 is 1.20 bits per heavy atom. The van der Waals surface area contributed by atoms with E-state index in [-0.39, 0.29) is 0 Å². The molecule has 0 spiro atoms. The van der Waals surface area contributed by atoms with Gasteiger partial charge in [-0.05, 0) is 25.8 Å². The van der Waals surface area contributed by atoms with E-state index in [9.17, 15) is 0 Å². The average molecular weight is 208 g/mol. The van der Waals surface area contributed by atoms with Gasteiger partial charge in [-0.25, -0.2) is 0 Å².